The molecule has 1 aromatic carbocycles. The number of benzene rings is 1. The van der Waals surface area contributed by atoms with Gasteiger partial charge in [0.2, 0.25) is 0 Å². The monoisotopic (exact) mass is 205 g/mol. The number of quaternary nitrogens is 1. The van der Waals surface area contributed by atoms with Gasteiger partial charge in [0.15, 0.2) is 0 Å². The summed E-state index contributed by atoms with van der Waals surface area (Å²) in [4.78, 5) is 20.4. The maximum absolute atomic E-state index is 10.2. The zero-order valence-electron chi connectivity index (χ0n) is 7.94. The van der Waals surface area contributed by atoms with Crippen LogP contribution in [0.5, 0.6) is 0 Å². The molecule has 0 heterocycles. The number of carboxylic acid groups (broad SMARTS) is 2. The van der Waals surface area contributed by atoms with Crippen LogP contribution >= 0.6 is 0 Å². The zero-order valence-corrected chi connectivity index (χ0v) is 9.94. The molecule has 0 fully saturated rings. The van der Waals surface area contributed by atoms with Gasteiger partial charge >= 0.3 is 29.6 Å². The fourth-order valence-corrected chi connectivity index (χ4v) is 0.742. The molecule has 0 bridgehead atoms. The van der Waals surface area contributed by atoms with Gasteiger partial charge in [0, 0.05) is 0 Å². The van der Waals surface area contributed by atoms with Crippen LogP contribution in [0, 0.1) is 0 Å². The third-order valence-electron chi connectivity index (χ3n) is 1.36. The number of carbonyl (C=O) groups is 2. The van der Waals surface area contributed by atoms with Crippen LogP contribution in [0.3, 0.4) is 0 Å². The third kappa shape index (κ3) is 3.89. The summed E-state index contributed by atoms with van der Waals surface area (Å²) >= 11 is 0. The molecule has 4 N–H and O–H groups in total. The van der Waals surface area contributed by atoms with Crippen molar-refractivity contribution in [2.24, 2.45) is 0 Å². The van der Waals surface area contributed by atoms with Gasteiger partial charge in [-0.25, -0.2) is 0 Å². The van der Waals surface area contributed by atoms with E-state index in [9.17, 15) is 19.8 Å². The van der Waals surface area contributed by atoms with Gasteiger partial charge in [-0.3, -0.25) is 0 Å². The summed E-state index contributed by atoms with van der Waals surface area (Å²) in [5.41, 5.74) is -0.111. The Kier molecular flexibility index (Phi) is 7.30. The fraction of sp³-hybridized carbons (Fsp3) is 0. The first-order valence-corrected chi connectivity index (χ1v) is 3.14. The van der Waals surface area contributed by atoms with Gasteiger partial charge in [-0.05, 0) is 11.1 Å². The number of aromatic carboxylic acids is 2. The maximum atomic E-state index is 10.2. The molecule has 0 atom stereocenters. The average molecular weight is 205 g/mol. The Morgan fingerprint density at radius 1 is 0.857 bits per heavy atom. The van der Waals surface area contributed by atoms with Crippen molar-refractivity contribution in [1.29, 1.82) is 0 Å². The van der Waals surface area contributed by atoms with E-state index in [0.717, 1.165) is 24.3 Å². The van der Waals surface area contributed by atoms with E-state index in [-0.39, 0.29) is 46.8 Å². The van der Waals surface area contributed by atoms with Crippen molar-refractivity contribution in [3.8, 4) is 0 Å². The number of hydrogen-bond donors (Lipinski definition) is 1. The number of carbonyl (C=O) groups excluding carboxylic acids is 2. The quantitative estimate of drug-likeness (QED) is 0.492. The molecule has 0 saturated carbocycles. The first-order valence-electron chi connectivity index (χ1n) is 3.14. The summed E-state index contributed by atoms with van der Waals surface area (Å²) in [5.74, 6) is -2.67. The van der Waals surface area contributed by atoms with E-state index in [1.54, 1.807) is 0 Å². The Labute approximate surface area is 103 Å². The molecular formula is C8H8NNaO4. The number of hydrogen-bond acceptors (Lipinski definition) is 4. The first kappa shape index (κ1) is 15.6. The smallest absolute Gasteiger partial charge is 0.545 e. The summed E-state index contributed by atoms with van der Waals surface area (Å²) in [6.45, 7) is 0. The van der Waals surface area contributed by atoms with Gasteiger partial charge in [-0.1, -0.05) is 24.3 Å². The SMILES string of the molecule is O=C([O-])c1ccc(C(=O)[O-])cc1.[NH4+].[Na+]. The summed E-state index contributed by atoms with van der Waals surface area (Å²) in [5, 5.41) is 20.4. The van der Waals surface area contributed by atoms with E-state index >= 15 is 0 Å². The molecule has 6 heteroatoms. The molecule has 14 heavy (non-hydrogen) atoms. The summed E-state index contributed by atoms with van der Waals surface area (Å²) < 4.78 is 0. The molecule has 70 valence electrons. The van der Waals surface area contributed by atoms with Crippen LogP contribution in [0.1, 0.15) is 20.7 Å². The molecule has 0 unspecified atom stereocenters. The Balaban J connectivity index is 0. The second kappa shape index (κ2) is 6.56. The molecule has 0 saturated heterocycles. The number of rotatable bonds is 2. The molecule has 0 aromatic heterocycles. The molecule has 0 amide bonds. The fourth-order valence-electron chi connectivity index (χ4n) is 0.742. The van der Waals surface area contributed by atoms with E-state index in [2.05, 4.69) is 0 Å². The van der Waals surface area contributed by atoms with Gasteiger partial charge < -0.3 is 26.0 Å². The van der Waals surface area contributed by atoms with E-state index in [4.69, 9.17) is 0 Å². The molecule has 5 nitrogen and oxygen atoms in total. The Morgan fingerprint density at radius 2 is 1.07 bits per heavy atom. The van der Waals surface area contributed by atoms with Crippen LogP contribution in [0.15, 0.2) is 24.3 Å². The van der Waals surface area contributed by atoms with Crippen LogP contribution in [0.25, 0.3) is 0 Å². The third-order valence-corrected chi connectivity index (χ3v) is 1.36. The molecule has 0 aliphatic heterocycles. The van der Waals surface area contributed by atoms with Gasteiger partial charge in [0.1, 0.15) is 0 Å². The molecule has 0 aliphatic carbocycles. The molecule has 0 radical (unpaired) electrons. The Hall–Kier alpha value is -0.880. The van der Waals surface area contributed by atoms with Crippen molar-refractivity contribution in [1.82, 2.24) is 6.15 Å². The molecule has 1 aromatic rings. The molecule has 0 spiro atoms. The first-order chi connectivity index (χ1) is 5.61. The van der Waals surface area contributed by atoms with Crippen molar-refractivity contribution >= 4 is 11.9 Å². The molecular weight excluding hydrogens is 197 g/mol. The van der Waals surface area contributed by atoms with Crippen molar-refractivity contribution in [3.63, 3.8) is 0 Å². The van der Waals surface area contributed by atoms with Gasteiger partial charge in [-0.15, -0.1) is 0 Å². The minimum atomic E-state index is -1.33. The van der Waals surface area contributed by atoms with E-state index in [1.807, 2.05) is 0 Å². The second-order valence-electron chi connectivity index (χ2n) is 2.15. The van der Waals surface area contributed by atoms with Crippen LogP contribution in [-0.4, -0.2) is 11.9 Å². The van der Waals surface area contributed by atoms with Gasteiger partial charge in [0.25, 0.3) is 0 Å². The van der Waals surface area contributed by atoms with Crippen LogP contribution in [0.2, 0.25) is 0 Å². The number of carboxylic acids is 2. The van der Waals surface area contributed by atoms with E-state index in [1.165, 1.54) is 0 Å². The zero-order chi connectivity index (χ0) is 9.14. The molecule has 0 aliphatic rings. The topological polar surface area (TPSA) is 117 Å². The average Bonchev–Trinajstić information content (AvgIpc) is 2.04. The maximum Gasteiger partial charge on any atom is 1.00 e. The summed E-state index contributed by atoms with van der Waals surface area (Å²) in [6.07, 6.45) is 0. The summed E-state index contributed by atoms with van der Waals surface area (Å²) in [6, 6.07) is 4.61. The Morgan fingerprint density at radius 3 is 1.21 bits per heavy atom. The van der Waals surface area contributed by atoms with Crippen molar-refractivity contribution < 1.29 is 49.4 Å². The minimum Gasteiger partial charge on any atom is -0.545 e. The predicted molar refractivity (Wildman–Crippen MR) is 41.1 cm³/mol. The second-order valence-corrected chi connectivity index (χ2v) is 2.15. The van der Waals surface area contributed by atoms with Crippen LogP contribution < -0.4 is 45.9 Å². The molecule has 1 rings (SSSR count). The van der Waals surface area contributed by atoms with E-state index < -0.39 is 11.9 Å². The largest absolute Gasteiger partial charge is 1.00 e. The van der Waals surface area contributed by atoms with Crippen molar-refractivity contribution in [2.75, 3.05) is 0 Å². The minimum absolute atomic E-state index is 0. The van der Waals surface area contributed by atoms with Crippen molar-refractivity contribution in [3.05, 3.63) is 35.4 Å². The Bertz CT molecular complexity index is 290. The van der Waals surface area contributed by atoms with E-state index in [0.29, 0.717) is 0 Å². The van der Waals surface area contributed by atoms with Crippen LogP contribution in [-0.2, 0) is 0 Å². The van der Waals surface area contributed by atoms with Crippen LogP contribution in [0.4, 0.5) is 0 Å². The standard InChI is InChI=1S/C8H6O4.H3N.Na/c9-7(10)5-1-2-6(4-3-5)8(11)12;;/h1-4H,(H,9,10)(H,11,12);1H3;/q;;+1/p-1. The van der Waals surface area contributed by atoms with Crippen molar-refractivity contribution in [2.45, 2.75) is 0 Å². The predicted octanol–water partition coefficient (Wildman–Crippen LogP) is -4.21. The van der Waals surface area contributed by atoms with Gasteiger partial charge in [0.05, 0.1) is 11.9 Å². The normalized spacial score (nSPS) is 8.00. The summed E-state index contributed by atoms with van der Waals surface area (Å²) in [7, 11) is 0. The van der Waals surface area contributed by atoms with Gasteiger partial charge in [-0.2, -0.15) is 0 Å².